The number of hydrogen-bond donors (Lipinski definition) is 0. The van der Waals surface area contributed by atoms with Crippen LogP contribution in [0.3, 0.4) is 0 Å². The fourth-order valence-corrected chi connectivity index (χ4v) is 2.44. The maximum Gasteiger partial charge on any atom is 0.131 e. The van der Waals surface area contributed by atoms with Crippen LogP contribution in [0.15, 0.2) is 12.4 Å². The third-order valence-corrected chi connectivity index (χ3v) is 3.59. The predicted octanol–water partition coefficient (Wildman–Crippen LogP) is 3.03. The van der Waals surface area contributed by atoms with Crippen LogP contribution in [0.2, 0.25) is 0 Å². The van der Waals surface area contributed by atoms with Gasteiger partial charge in [0.25, 0.3) is 0 Å². The third-order valence-electron chi connectivity index (χ3n) is 3.59. The number of nitrogens with zero attached hydrogens (tertiary/aromatic N) is 3. The van der Waals surface area contributed by atoms with E-state index >= 15 is 0 Å². The second-order valence-corrected chi connectivity index (χ2v) is 4.57. The quantitative estimate of drug-likeness (QED) is 0.761. The maximum atomic E-state index is 8.68. The van der Waals surface area contributed by atoms with Crippen LogP contribution in [-0.2, 0) is 0 Å². The molecule has 84 valence electrons. The fourth-order valence-electron chi connectivity index (χ4n) is 2.44. The molecule has 1 aromatic rings. The Balaban J connectivity index is 2.00. The van der Waals surface area contributed by atoms with Crippen molar-refractivity contribution in [3.05, 3.63) is 23.8 Å². The van der Waals surface area contributed by atoms with Gasteiger partial charge in [-0.3, -0.25) is 0 Å². The van der Waals surface area contributed by atoms with Crippen LogP contribution in [0, 0.1) is 17.2 Å². The van der Waals surface area contributed by atoms with E-state index < -0.39 is 0 Å². The van der Waals surface area contributed by atoms with Gasteiger partial charge in [-0.1, -0.05) is 13.3 Å². The van der Waals surface area contributed by atoms with E-state index in [0.717, 1.165) is 11.7 Å². The predicted molar refractivity (Wildman–Crippen MR) is 61.7 cm³/mol. The Morgan fingerprint density at radius 2 is 1.88 bits per heavy atom. The van der Waals surface area contributed by atoms with Crippen molar-refractivity contribution in [3.8, 4) is 6.07 Å². The average Bonchev–Trinajstić information content (AvgIpc) is 2.39. The minimum atomic E-state index is 0.510. The summed E-state index contributed by atoms with van der Waals surface area (Å²) >= 11 is 0. The Morgan fingerprint density at radius 3 is 2.38 bits per heavy atom. The van der Waals surface area contributed by atoms with Crippen LogP contribution in [0.25, 0.3) is 0 Å². The Kier molecular flexibility index (Phi) is 3.51. The molecule has 16 heavy (non-hydrogen) atoms. The van der Waals surface area contributed by atoms with Gasteiger partial charge < -0.3 is 0 Å². The van der Waals surface area contributed by atoms with E-state index in [1.807, 2.05) is 6.07 Å². The number of nitriles is 1. The first-order chi connectivity index (χ1) is 7.83. The third kappa shape index (κ3) is 2.38. The van der Waals surface area contributed by atoms with E-state index in [9.17, 15) is 0 Å². The molecular weight excluding hydrogens is 198 g/mol. The van der Waals surface area contributed by atoms with E-state index in [1.165, 1.54) is 32.1 Å². The molecule has 1 fully saturated rings. The molecular formula is C13H17N3. The zero-order valence-electron chi connectivity index (χ0n) is 9.69. The highest BCUT2D eigenvalue weighted by Gasteiger charge is 2.22. The molecule has 0 spiro atoms. The van der Waals surface area contributed by atoms with Crippen molar-refractivity contribution in [2.75, 3.05) is 0 Å². The highest BCUT2D eigenvalue weighted by molar-refractivity contribution is 5.22. The standard InChI is InChI=1S/C13H17N3/c1-2-10-3-5-12(6-4-10)13-15-8-11(7-14)9-16-13/h8-10,12H,2-6H2,1H3/t10-,12-. The molecule has 0 saturated heterocycles. The summed E-state index contributed by atoms with van der Waals surface area (Å²) in [6.45, 7) is 2.27. The smallest absolute Gasteiger partial charge is 0.131 e. The van der Waals surface area contributed by atoms with Crippen LogP contribution in [0.1, 0.15) is 56.3 Å². The van der Waals surface area contributed by atoms with Gasteiger partial charge in [0, 0.05) is 18.3 Å². The molecule has 2 rings (SSSR count). The van der Waals surface area contributed by atoms with Crippen LogP contribution in [0.4, 0.5) is 0 Å². The normalized spacial score (nSPS) is 25.0. The largest absolute Gasteiger partial charge is 0.240 e. The van der Waals surface area contributed by atoms with Crippen molar-refractivity contribution in [3.63, 3.8) is 0 Å². The molecule has 0 unspecified atom stereocenters. The van der Waals surface area contributed by atoms with Gasteiger partial charge >= 0.3 is 0 Å². The van der Waals surface area contributed by atoms with Crippen molar-refractivity contribution < 1.29 is 0 Å². The number of rotatable bonds is 2. The molecule has 3 nitrogen and oxygen atoms in total. The zero-order chi connectivity index (χ0) is 11.4. The fraction of sp³-hybridized carbons (Fsp3) is 0.615. The summed E-state index contributed by atoms with van der Waals surface area (Å²) in [5.74, 6) is 2.33. The summed E-state index contributed by atoms with van der Waals surface area (Å²) in [4.78, 5) is 8.58. The number of hydrogen-bond acceptors (Lipinski definition) is 3. The van der Waals surface area contributed by atoms with Crippen molar-refractivity contribution in [2.24, 2.45) is 5.92 Å². The van der Waals surface area contributed by atoms with Crippen molar-refractivity contribution in [1.29, 1.82) is 5.26 Å². The van der Waals surface area contributed by atoms with Crippen LogP contribution < -0.4 is 0 Å². The molecule has 0 aromatic carbocycles. The molecule has 1 saturated carbocycles. The first-order valence-corrected chi connectivity index (χ1v) is 6.05. The second kappa shape index (κ2) is 5.07. The van der Waals surface area contributed by atoms with Crippen molar-refractivity contribution in [1.82, 2.24) is 9.97 Å². The van der Waals surface area contributed by atoms with Crippen molar-refractivity contribution >= 4 is 0 Å². The highest BCUT2D eigenvalue weighted by Crippen LogP contribution is 2.35. The van der Waals surface area contributed by atoms with Gasteiger partial charge in [-0.25, -0.2) is 9.97 Å². The lowest BCUT2D eigenvalue weighted by Gasteiger charge is -2.26. The summed E-state index contributed by atoms with van der Waals surface area (Å²) in [7, 11) is 0. The van der Waals surface area contributed by atoms with Crippen molar-refractivity contribution in [2.45, 2.75) is 44.9 Å². The molecule has 0 bridgehead atoms. The minimum Gasteiger partial charge on any atom is -0.240 e. The Labute approximate surface area is 96.5 Å². The van der Waals surface area contributed by atoms with Crippen LogP contribution in [0.5, 0.6) is 0 Å². The molecule has 0 aliphatic heterocycles. The molecule has 0 radical (unpaired) electrons. The van der Waals surface area contributed by atoms with Gasteiger partial charge in [0.1, 0.15) is 11.9 Å². The first-order valence-electron chi connectivity index (χ1n) is 6.05. The summed E-state index contributed by atoms with van der Waals surface area (Å²) in [5, 5.41) is 8.68. The molecule has 3 heteroatoms. The summed E-state index contributed by atoms with van der Waals surface area (Å²) in [5.41, 5.74) is 0.547. The molecule has 1 aliphatic carbocycles. The average molecular weight is 215 g/mol. The molecule has 1 aliphatic rings. The molecule has 0 amide bonds. The Morgan fingerprint density at radius 1 is 1.25 bits per heavy atom. The molecule has 0 N–H and O–H groups in total. The van der Waals surface area contributed by atoms with Gasteiger partial charge in [0.2, 0.25) is 0 Å². The highest BCUT2D eigenvalue weighted by atomic mass is 14.9. The van der Waals surface area contributed by atoms with E-state index in [1.54, 1.807) is 12.4 Å². The van der Waals surface area contributed by atoms with Gasteiger partial charge in [-0.2, -0.15) is 5.26 Å². The zero-order valence-corrected chi connectivity index (χ0v) is 9.69. The lowest BCUT2D eigenvalue weighted by atomic mass is 9.80. The maximum absolute atomic E-state index is 8.68. The lowest BCUT2D eigenvalue weighted by Crippen LogP contribution is -2.14. The van der Waals surface area contributed by atoms with Gasteiger partial charge in [-0.05, 0) is 31.6 Å². The number of aromatic nitrogens is 2. The molecule has 1 heterocycles. The second-order valence-electron chi connectivity index (χ2n) is 4.57. The lowest BCUT2D eigenvalue weighted by molar-refractivity contribution is 0.312. The summed E-state index contributed by atoms with van der Waals surface area (Å²) in [6, 6.07) is 2.05. The van der Waals surface area contributed by atoms with E-state index in [-0.39, 0.29) is 0 Å². The summed E-state index contributed by atoms with van der Waals surface area (Å²) in [6.07, 6.45) is 9.55. The van der Waals surface area contributed by atoms with E-state index in [4.69, 9.17) is 5.26 Å². The monoisotopic (exact) mass is 215 g/mol. The minimum absolute atomic E-state index is 0.510. The topological polar surface area (TPSA) is 49.6 Å². The van der Waals surface area contributed by atoms with E-state index in [0.29, 0.717) is 11.5 Å². The van der Waals surface area contributed by atoms with E-state index in [2.05, 4.69) is 16.9 Å². The van der Waals surface area contributed by atoms with Gasteiger partial charge in [0.15, 0.2) is 0 Å². The first kappa shape index (κ1) is 11.1. The SMILES string of the molecule is CC[C@H]1CC[C@H](c2ncc(C#N)cn2)CC1. The van der Waals surface area contributed by atoms with Crippen LogP contribution in [-0.4, -0.2) is 9.97 Å². The summed E-state index contributed by atoms with van der Waals surface area (Å²) < 4.78 is 0. The molecule has 0 atom stereocenters. The van der Waals surface area contributed by atoms with Gasteiger partial charge in [0.05, 0.1) is 5.56 Å². The Hall–Kier alpha value is -1.43. The Bertz CT molecular complexity index is 369. The van der Waals surface area contributed by atoms with Gasteiger partial charge in [-0.15, -0.1) is 0 Å². The molecule has 1 aromatic heterocycles. The van der Waals surface area contributed by atoms with Crippen LogP contribution >= 0.6 is 0 Å².